The van der Waals surface area contributed by atoms with E-state index in [9.17, 15) is 5.26 Å². The van der Waals surface area contributed by atoms with E-state index in [0.717, 1.165) is 44.0 Å². The van der Waals surface area contributed by atoms with Crippen LogP contribution in [0.15, 0.2) is 36.4 Å². The van der Waals surface area contributed by atoms with Crippen molar-refractivity contribution >= 4 is 5.57 Å². The lowest BCUT2D eigenvalue weighted by Crippen LogP contribution is -2.24. The molecule has 3 heterocycles. The third-order valence-corrected chi connectivity index (χ3v) is 5.03. The zero-order valence-electron chi connectivity index (χ0n) is 14.2. The topological polar surface area (TPSA) is 78.6 Å². The summed E-state index contributed by atoms with van der Waals surface area (Å²) in [5.41, 5.74) is 8.38. The number of nitrogens with zero attached hydrogens (tertiary/aromatic N) is 4. The van der Waals surface area contributed by atoms with Crippen LogP contribution in [0, 0.1) is 17.2 Å². The van der Waals surface area contributed by atoms with Crippen molar-refractivity contribution < 1.29 is 0 Å². The Bertz CT molecular complexity index is 801. The second-order valence-electron chi connectivity index (χ2n) is 6.67. The molecule has 2 aliphatic heterocycles. The predicted molar refractivity (Wildman–Crippen MR) is 95.0 cm³/mol. The van der Waals surface area contributed by atoms with Crippen LogP contribution in [0.25, 0.3) is 5.57 Å². The van der Waals surface area contributed by atoms with E-state index in [0.29, 0.717) is 5.57 Å². The first kappa shape index (κ1) is 16.0. The Labute approximate surface area is 147 Å². The van der Waals surface area contributed by atoms with Crippen molar-refractivity contribution in [1.82, 2.24) is 25.6 Å². The van der Waals surface area contributed by atoms with E-state index < -0.39 is 0 Å². The highest BCUT2D eigenvalue weighted by molar-refractivity contribution is 5.73. The summed E-state index contributed by atoms with van der Waals surface area (Å²) in [6.45, 7) is 1.69. The largest absolute Gasteiger partial charge is 0.310 e. The van der Waals surface area contributed by atoms with Gasteiger partial charge in [-0.2, -0.15) is 5.26 Å². The molecule has 6 heteroatoms. The highest BCUT2D eigenvalue weighted by atomic mass is 15.4. The Morgan fingerprint density at radius 1 is 1.20 bits per heavy atom. The molecule has 2 N–H and O–H groups in total. The van der Waals surface area contributed by atoms with E-state index in [1.807, 2.05) is 24.3 Å². The van der Waals surface area contributed by atoms with Crippen molar-refractivity contribution in [3.8, 4) is 6.07 Å². The molecule has 4 rings (SSSR count). The second-order valence-corrected chi connectivity index (χ2v) is 6.67. The Hall–Kier alpha value is -2.49. The molecule has 2 aliphatic rings. The highest BCUT2D eigenvalue weighted by Gasteiger charge is 2.28. The third-order valence-electron chi connectivity index (χ3n) is 5.03. The van der Waals surface area contributed by atoms with Gasteiger partial charge in [0.25, 0.3) is 0 Å². The maximum atomic E-state index is 9.75. The molecule has 2 atom stereocenters. The van der Waals surface area contributed by atoms with Crippen LogP contribution in [-0.4, -0.2) is 21.3 Å². The summed E-state index contributed by atoms with van der Waals surface area (Å²) in [6.07, 6.45) is 6.48. The maximum absolute atomic E-state index is 9.75. The fourth-order valence-electron chi connectivity index (χ4n) is 3.72. The highest BCUT2D eigenvalue weighted by Crippen LogP contribution is 2.29. The van der Waals surface area contributed by atoms with Gasteiger partial charge in [0.15, 0.2) is 5.82 Å². The number of allylic oxidation sites excluding steroid dienone is 1. The van der Waals surface area contributed by atoms with E-state index in [1.54, 1.807) is 0 Å². The first-order valence-electron chi connectivity index (χ1n) is 8.94. The number of rotatable bonds is 3. The van der Waals surface area contributed by atoms with Gasteiger partial charge >= 0.3 is 0 Å². The minimum atomic E-state index is 0.149. The maximum Gasteiger partial charge on any atom is 0.174 e. The Morgan fingerprint density at radius 2 is 2.08 bits per heavy atom. The summed E-state index contributed by atoms with van der Waals surface area (Å²) < 4.78 is 2.13. The van der Waals surface area contributed by atoms with Gasteiger partial charge in [0.05, 0.1) is 11.6 Å². The molecular formula is C19H22N6. The van der Waals surface area contributed by atoms with E-state index >= 15 is 0 Å². The summed E-state index contributed by atoms with van der Waals surface area (Å²) in [4.78, 5) is 0. The number of aryl methyl sites for hydroxylation is 1. The van der Waals surface area contributed by atoms with Crippen LogP contribution in [0.2, 0.25) is 0 Å². The fourth-order valence-corrected chi connectivity index (χ4v) is 3.72. The molecule has 2 aromatic rings. The smallest absolute Gasteiger partial charge is 0.174 e. The van der Waals surface area contributed by atoms with Gasteiger partial charge in [0.1, 0.15) is 11.9 Å². The van der Waals surface area contributed by atoms with Gasteiger partial charge in [-0.05, 0) is 18.4 Å². The molecule has 6 nitrogen and oxygen atoms in total. The number of benzene rings is 1. The molecule has 1 aromatic carbocycles. The molecular weight excluding hydrogens is 312 g/mol. The fraction of sp³-hybridized carbons (Fsp3) is 0.421. The first-order chi connectivity index (χ1) is 12.4. The van der Waals surface area contributed by atoms with Crippen molar-refractivity contribution in [2.24, 2.45) is 5.92 Å². The minimum Gasteiger partial charge on any atom is -0.310 e. The number of fused-ring (bicyclic) bond motifs is 1. The van der Waals surface area contributed by atoms with E-state index in [4.69, 9.17) is 0 Å². The van der Waals surface area contributed by atoms with Crippen LogP contribution in [0.1, 0.15) is 42.5 Å². The molecule has 25 heavy (non-hydrogen) atoms. The Morgan fingerprint density at radius 3 is 2.92 bits per heavy atom. The van der Waals surface area contributed by atoms with Gasteiger partial charge in [-0.25, -0.2) is 5.43 Å². The summed E-state index contributed by atoms with van der Waals surface area (Å²) in [5, 5.41) is 18.4. The lowest BCUT2D eigenvalue weighted by atomic mass is 9.93. The van der Waals surface area contributed by atoms with Gasteiger partial charge < -0.3 is 4.57 Å². The molecule has 0 radical (unpaired) electrons. The number of nitriles is 1. The quantitative estimate of drug-likeness (QED) is 0.843. The number of hydrogen-bond acceptors (Lipinski definition) is 5. The zero-order valence-corrected chi connectivity index (χ0v) is 14.2. The van der Waals surface area contributed by atoms with E-state index in [-0.39, 0.29) is 12.0 Å². The van der Waals surface area contributed by atoms with Crippen molar-refractivity contribution in [2.45, 2.75) is 38.3 Å². The van der Waals surface area contributed by atoms with Gasteiger partial charge in [-0.15, -0.1) is 10.2 Å². The zero-order chi connectivity index (χ0) is 17.1. The van der Waals surface area contributed by atoms with Gasteiger partial charge in [-0.3, -0.25) is 5.43 Å². The molecule has 0 aliphatic carbocycles. The lowest BCUT2D eigenvalue weighted by Gasteiger charge is -2.16. The summed E-state index contributed by atoms with van der Waals surface area (Å²) in [7, 11) is 0. The van der Waals surface area contributed by atoms with Crippen LogP contribution >= 0.6 is 0 Å². The van der Waals surface area contributed by atoms with Crippen molar-refractivity contribution in [3.05, 3.63) is 53.6 Å². The molecule has 1 aromatic heterocycles. The average Bonchev–Trinajstić information content (AvgIpc) is 3.21. The van der Waals surface area contributed by atoms with E-state index in [2.05, 4.69) is 43.8 Å². The third kappa shape index (κ3) is 3.21. The molecule has 0 amide bonds. The van der Waals surface area contributed by atoms with Gasteiger partial charge in [0, 0.05) is 25.4 Å². The molecule has 0 spiro atoms. The molecule has 0 saturated carbocycles. The van der Waals surface area contributed by atoms with Crippen LogP contribution in [0.3, 0.4) is 0 Å². The number of aromatic nitrogens is 3. The molecule has 128 valence electrons. The molecule has 1 saturated heterocycles. The second kappa shape index (κ2) is 7.18. The van der Waals surface area contributed by atoms with E-state index in [1.165, 1.54) is 12.0 Å². The Balaban J connectivity index is 1.65. The summed E-state index contributed by atoms with van der Waals surface area (Å²) >= 11 is 0. The molecule has 2 unspecified atom stereocenters. The normalized spacial score (nSPS) is 23.7. The van der Waals surface area contributed by atoms with Crippen molar-refractivity contribution in [3.63, 3.8) is 0 Å². The van der Waals surface area contributed by atoms with Crippen molar-refractivity contribution in [2.75, 3.05) is 6.54 Å². The van der Waals surface area contributed by atoms with Crippen molar-refractivity contribution in [1.29, 1.82) is 5.26 Å². The van der Waals surface area contributed by atoms with Crippen LogP contribution in [-0.2, 0) is 13.0 Å². The minimum absolute atomic E-state index is 0.149. The standard InChI is InChI=1S/C19H22N6/c20-12-15(19-24-22-17-9-5-2-6-10-25(17)19)11-16-13-21-23-18(16)14-7-3-1-4-8-14/h1,3-4,7-8,11,16,18,21,23H,2,5-6,9-10,13H2/b15-11+. The van der Waals surface area contributed by atoms with Crippen LogP contribution < -0.4 is 10.9 Å². The first-order valence-corrected chi connectivity index (χ1v) is 8.94. The molecule has 0 bridgehead atoms. The average molecular weight is 334 g/mol. The predicted octanol–water partition coefficient (Wildman–Crippen LogP) is 2.38. The summed E-state index contributed by atoms with van der Waals surface area (Å²) in [5.74, 6) is 1.92. The monoisotopic (exact) mass is 334 g/mol. The SMILES string of the molecule is N#C/C(=C\C1CNNC1c1ccccc1)c1nnc2n1CCCCC2. The lowest BCUT2D eigenvalue weighted by molar-refractivity contribution is 0.540. The van der Waals surface area contributed by atoms with Crippen LogP contribution in [0.5, 0.6) is 0 Å². The number of nitrogens with one attached hydrogen (secondary N) is 2. The number of hydrazine groups is 1. The van der Waals surface area contributed by atoms with Gasteiger partial charge in [-0.1, -0.05) is 42.8 Å². The Kier molecular flexibility index (Phi) is 4.59. The number of hydrogen-bond donors (Lipinski definition) is 2. The van der Waals surface area contributed by atoms with Crippen LogP contribution in [0.4, 0.5) is 0 Å². The molecule has 1 fully saturated rings. The summed E-state index contributed by atoms with van der Waals surface area (Å²) in [6, 6.07) is 12.8. The van der Waals surface area contributed by atoms with Gasteiger partial charge in [0.2, 0.25) is 0 Å².